The molecule has 1 nitrogen and oxygen atoms in total. The monoisotopic (exact) mass is 126 g/mol. The van der Waals surface area contributed by atoms with E-state index in [2.05, 4.69) is 6.92 Å². The molecule has 0 saturated heterocycles. The molecule has 0 atom stereocenters. The van der Waals surface area contributed by atoms with Crippen LogP contribution >= 0.6 is 0 Å². The van der Waals surface area contributed by atoms with Crippen LogP contribution in [-0.2, 0) is 0 Å². The van der Waals surface area contributed by atoms with Gasteiger partial charge < -0.3 is 5.11 Å². The van der Waals surface area contributed by atoms with Crippen LogP contribution in [0.25, 0.3) is 0 Å². The molecule has 1 N–H and O–H groups in total. The number of aliphatic hydroxyl groups is 1. The summed E-state index contributed by atoms with van der Waals surface area (Å²) in [6.45, 7) is 3.79. The van der Waals surface area contributed by atoms with E-state index in [0.29, 0.717) is 5.76 Å². The number of unbranched alkanes of at least 4 members (excludes halogenated alkanes) is 1. The van der Waals surface area contributed by atoms with Crippen LogP contribution in [0.1, 0.15) is 26.7 Å². The molecule has 0 aromatic carbocycles. The Balaban J connectivity index is 3.35. The molecule has 0 spiro atoms. The molecule has 1 heteroatoms. The molecular weight excluding hydrogens is 112 g/mol. The van der Waals surface area contributed by atoms with Crippen molar-refractivity contribution in [2.45, 2.75) is 26.7 Å². The molecule has 0 aliphatic rings. The summed E-state index contributed by atoms with van der Waals surface area (Å²) >= 11 is 0. The molecule has 0 radical (unpaired) electrons. The van der Waals surface area contributed by atoms with Gasteiger partial charge in [-0.2, -0.15) is 0 Å². The average Bonchev–Trinajstić information content (AvgIpc) is 1.80. The SMILES string of the molecule is CCC/C=C\C=C(/C)O. The van der Waals surface area contributed by atoms with Crippen LogP contribution in [-0.4, -0.2) is 5.11 Å². The highest BCUT2D eigenvalue weighted by Crippen LogP contribution is 1.90. The summed E-state index contributed by atoms with van der Waals surface area (Å²) in [5, 5.41) is 8.66. The molecule has 0 fully saturated rings. The fourth-order valence-electron chi connectivity index (χ4n) is 0.470. The number of rotatable bonds is 3. The first-order valence-electron chi connectivity index (χ1n) is 3.29. The van der Waals surface area contributed by atoms with E-state index in [-0.39, 0.29) is 0 Å². The van der Waals surface area contributed by atoms with Crippen LogP contribution < -0.4 is 0 Å². The van der Waals surface area contributed by atoms with Crippen LogP contribution in [0.4, 0.5) is 0 Å². The quantitative estimate of drug-likeness (QED) is 0.455. The molecule has 0 amide bonds. The highest BCUT2D eigenvalue weighted by Gasteiger charge is 1.72. The Morgan fingerprint density at radius 2 is 2.22 bits per heavy atom. The van der Waals surface area contributed by atoms with Gasteiger partial charge >= 0.3 is 0 Å². The minimum Gasteiger partial charge on any atom is -0.513 e. The topological polar surface area (TPSA) is 20.2 Å². The first-order chi connectivity index (χ1) is 4.27. The Hall–Kier alpha value is -0.720. The van der Waals surface area contributed by atoms with Gasteiger partial charge in [-0.25, -0.2) is 0 Å². The van der Waals surface area contributed by atoms with Gasteiger partial charge in [-0.1, -0.05) is 25.5 Å². The van der Waals surface area contributed by atoms with E-state index in [1.807, 2.05) is 12.2 Å². The minimum absolute atomic E-state index is 0.363. The van der Waals surface area contributed by atoms with E-state index in [1.54, 1.807) is 13.0 Å². The zero-order valence-electron chi connectivity index (χ0n) is 6.09. The molecule has 52 valence electrons. The Labute approximate surface area is 56.7 Å². The van der Waals surface area contributed by atoms with E-state index < -0.39 is 0 Å². The maximum atomic E-state index is 8.66. The molecule has 0 bridgehead atoms. The van der Waals surface area contributed by atoms with Crippen molar-refractivity contribution in [3.63, 3.8) is 0 Å². The number of hydrogen-bond donors (Lipinski definition) is 1. The van der Waals surface area contributed by atoms with Gasteiger partial charge in [0.1, 0.15) is 0 Å². The van der Waals surface area contributed by atoms with E-state index in [1.165, 1.54) is 0 Å². The third-order valence-corrected chi connectivity index (χ3v) is 0.929. The van der Waals surface area contributed by atoms with Crippen molar-refractivity contribution >= 4 is 0 Å². The van der Waals surface area contributed by atoms with Crippen LogP contribution in [0.15, 0.2) is 24.0 Å². The van der Waals surface area contributed by atoms with Crippen LogP contribution in [0.5, 0.6) is 0 Å². The van der Waals surface area contributed by atoms with Gasteiger partial charge in [-0.05, 0) is 19.4 Å². The van der Waals surface area contributed by atoms with Crippen molar-refractivity contribution in [2.75, 3.05) is 0 Å². The lowest BCUT2D eigenvalue weighted by molar-refractivity contribution is 0.414. The summed E-state index contributed by atoms with van der Waals surface area (Å²) in [5.41, 5.74) is 0. The van der Waals surface area contributed by atoms with Crippen molar-refractivity contribution in [3.8, 4) is 0 Å². The molecule has 0 aliphatic carbocycles. The van der Waals surface area contributed by atoms with Crippen molar-refractivity contribution in [3.05, 3.63) is 24.0 Å². The first-order valence-corrected chi connectivity index (χ1v) is 3.29. The molecular formula is C8H14O. The fourth-order valence-corrected chi connectivity index (χ4v) is 0.470. The predicted molar refractivity (Wildman–Crippen MR) is 40.4 cm³/mol. The lowest BCUT2D eigenvalue weighted by atomic mass is 10.3. The second-order valence-corrected chi connectivity index (χ2v) is 2.02. The van der Waals surface area contributed by atoms with E-state index >= 15 is 0 Å². The molecule has 0 saturated carbocycles. The van der Waals surface area contributed by atoms with Gasteiger partial charge in [0.2, 0.25) is 0 Å². The van der Waals surface area contributed by atoms with Crippen molar-refractivity contribution in [1.82, 2.24) is 0 Å². The summed E-state index contributed by atoms with van der Waals surface area (Å²) in [6, 6.07) is 0. The second kappa shape index (κ2) is 5.42. The van der Waals surface area contributed by atoms with Gasteiger partial charge in [0.25, 0.3) is 0 Å². The molecule has 0 aromatic heterocycles. The Morgan fingerprint density at radius 1 is 1.56 bits per heavy atom. The average molecular weight is 126 g/mol. The van der Waals surface area contributed by atoms with Gasteiger partial charge in [0, 0.05) is 0 Å². The highest BCUT2D eigenvalue weighted by molar-refractivity contribution is 5.04. The van der Waals surface area contributed by atoms with E-state index in [0.717, 1.165) is 12.8 Å². The van der Waals surface area contributed by atoms with E-state index in [4.69, 9.17) is 5.11 Å². The highest BCUT2D eigenvalue weighted by atomic mass is 16.3. The number of aliphatic hydroxyl groups excluding tert-OH is 1. The fraction of sp³-hybridized carbons (Fsp3) is 0.500. The van der Waals surface area contributed by atoms with Crippen LogP contribution in [0.3, 0.4) is 0 Å². The van der Waals surface area contributed by atoms with Gasteiger partial charge in [0.15, 0.2) is 0 Å². The van der Waals surface area contributed by atoms with Crippen molar-refractivity contribution < 1.29 is 5.11 Å². The summed E-state index contributed by atoms with van der Waals surface area (Å²) in [7, 11) is 0. The third-order valence-electron chi connectivity index (χ3n) is 0.929. The Kier molecular flexibility index (Phi) is 4.98. The zero-order valence-corrected chi connectivity index (χ0v) is 6.09. The van der Waals surface area contributed by atoms with Gasteiger partial charge in [-0.15, -0.1) is 0 Å². The predicted octanol–water partition coefficient (Wildman–Crippen LogP) is 2.80. The third kappa shape index (κ3) is 7.28. The lowest BCUT2D eigenvalue weighted by Crippen LogP contribution is -1.65. The largest absolute Gasteiger partial charge is 0.513 e. The summed E-state index contributed by atoms with van der Waals surface area (Å²) in [6.07, 6.45) is 7.85. The molecule has 0 unspecified atom stereocenters. The lowest BCUT2D eigenvalue weighted by Gasteiger charge is -1.82. The van der Waals surface area contributed by atoms with Crippen molar-refractivity contribution in [2.24, 2.45) is 0 Å². The maximum absolute atomic E-state index is 8.66. The van der Waals surface area contributed by atoms with Crippen molar-refractivity contribution in [1.29, 1.82) is 0 Å². The zero-order chi connectivity index (χ0) is 7.11. The first kappa shape index (κ1) is 8.28. The summed E-state index contributed by atoms with van der Waals surface area (Å²) in [4.78, 5) is 0. The minimum atomic E-state index is 0.363. The standard InChI is InChI=1S/C8H14O/c1-3-4-5-6-7-8(2)9/h5-7,9H,3-4H2,1-2H3/b6-5-,8-7+. The number of allylic oxidation sites excluding steroid dienone is 4. The molecule has 0 aromatic rings. The van der Waals surface area contributed by atoms with Gasteiger partial charge in [0.05, 0.1) is 5.76 Å². The number of hydrogen-bond acceptors (Lipinski definition) is 1. The Morgan fingerprint density at radius 3 is 2.67 bits per heavy atom. The van der Waals surface area contributed by atoms with E-state index in [9.17, 15) is 0 Å². The molecule has 9 heavy (non-hydrogen) atoms. The normalized spacial score (nSPS) is 12.9. The second-order valence-electron chi connectivity index (χ2n) is 2.02. The molecule has 0 rings (SSSR count). The molecule has 0 aliphatic heterocycles. The molecule has 0 heterocycles. The van der Waals surface area contributed by atoms with Crippen LogP contribution in [0.2, 0.25) is 0 Å². The van der Waals surface area contributed by atoms with Gasteiger partial charge in [-0.3, -0.25) is 0 Å². The smallest absolute Gasteiger partial charge is 0.0891 e. The van der Waals surface area contributed by atoms with Crippen LogP contribution in [0, 0.1) is 0 Å². The summed E-state index contributed by atoms with van der Waals surface area (Å²) in [5.74, 6) is 0.363. The Bertz CT molecular complexity index is 108. The summed E-state index contributed by atoms with van der Waals surface area (Å²) < 4.78 is 0. The maximum Gasteiger partial charge on any atom is 0.0891 e.